The molecule has 0 aromatic carbocycles. The van der Waals surface area contributed by atoms with E-state index in [-0.39, 0.29) is 4.90 Å². The van der Waals surface area contributed by atoms with Crippen molar-refractivity contribution in [1.82, 2.24) is 9.29 Å². The molecule has 2 atom stereocenters. The molecule has 0 amide bonds. The molecule has 2 heterocycles. The molecule has 1 aromatic rings. The van der Waals surface area contributed by atoms with Gasteiger partial charge in [0.2, 0.25) is 10.0 Å². The van der Waals surface area contributed by atoms with E-state index in [2.05, 4.69) is 24.1 Å². The Kier molecular flexibility index (Phi) is 3.59. The highest BCUT2D eigenvalue weighted by atomic mass is 32.2. The van der Waals surface area contributed by atoms with Gasteiger partial charge in [0.1, 0.15) is 10.7 Å². The van der Waals surface area contributed by atoms with E-state index in [0.717, 1.165) is 0 Å². The maximum Gasteiger partial charge on any atom is 0.244 e. The average Bonchev–Trinajstić information content (AvgIpc) is 2.70. The van der Waals surface area contributed by atoms with Gasteiger partial charge >= 0.3 is 0 Å². The Morgan fingerprint density at radius 1 is 1.28 bits per heavy atom. The third-order valence-electron chi connectivity index (χ3n) is 3.58. The van der Waals surface area contributed by atoms with E-state index in [1.54, 1.807) is 23.5 Å². The zero-order chi connectivity index (χ0) is 13.3. The van der Waals surface area contributed by atoms with E-state index in [1.807, 2.05) is 0 Å². The van der Waals surface area contributed by atoms with Crippen molar-refractivity contribution in [2.75, 3.05) is 25.5 Å². The van der Waals surface area contributed by atoms with Crippen LogP contribution in [0.5, 0.6) is 0 Å². The molecule has 0 radical (unpaired) electrons. The molecule has 100 valence electrons. The van der Waals surface area contributed by atoms with E-state index in [9.17, 15) is 8.42 Å². The molecule has 0 spiro atoms. The minimum Gasteiger partial charge on any atom is -0.373 e. The lowest BCUT2D eigenvalue weighted by molar-refractivity contribution is 0.463. The van der Waals surface area contributed by atoms with Crippen LogP contribution in [0.25, 0.3) is 0 Å². The fourth-order valence-corrected chi connectivity index (χ4v) is 3.69. The van der Waals surface area contributed by atoms with Gasteiger partial charge in [0.25, 0.3) is 0 Å². The fraction of sp³-hybridized carbons (Fsp3) is 0.583. The maximum atomic E-state index is 12.4. The summed E-state index contributed by atoms with van der Waals surface area (Å²) >= 11 is 0. The molecule has 18 heavy (non-hydrogen) atoms. The molecule has 1 N–H and O–H groups in total. The third-order valence-corrected chi connectivity index (χ3v) is 5.40. The maximum absolute atomic E-state index is 12.4. The Morgan fingerprint density at radius 3 is 2.33 bits per heavy atom. The van der Waals surface area contributed by atoms with Gasteiger partial charge in [-0.1, -0.05) is 13.8 Å². The van der Waals surface area contributed by atoms with E-state index >= 15 is 0 Å². The molecular formula is C12H19N3O2S. The summed E-state index contributed by atoms with van der Waals surface area (Å²) in [4.78, 5) is 4.32. The number of rotatable bonds is 3. The van der Waals surface area contributed by atoms with Gasteiger partial charge < -0.3 is 5.32 Å². The first kappa shape index (κ1) is 13.3. The van der Waals surface area contributed by atoms with Crippen LogP contribution >= 0.6 is 0 Å². The minimum absolute atomic E-state index is 0.266. The lowest BCUT2D eigenvalue weighted by Crippen LogP contribution is -2.29. The zero-order valence-corrected chi connectivity index (χ0v) is 11.7. The molecule has 0 aliphatic carbocycles. The van der Waals surface area contributed by atoms with Gasteiger partial charge in [-0.25, -0.2) is 13.4 Å². The molecule has 2 rings (SSSR count). The molecule has 1 saturated heterocycles. The van der Waals surface area contributed by atoms with Gasteiger partial charge in [0.15, 0.2) is 0 Å². The van der Waals surface area contributed by atoms with Crippen LogP contribution in [0.15, 0.2) is 23.2 Å². The van der Waals surface area contributed by atoms with Crippen molar-refractivity contribution < 1.29 is 8.42 Å². The first-order valence-electron chi connectivity index (χ1n) is 6.09. The Bertz CT molecular complexity index is 503. The van der Waals surface area contributed by atoms with Crippen LogP contribution < -0.4 is 5.32 Å². The standard InChI is InChI=1S/C12H19N3O2S/c1-9-7-15(8-10(9)2)18(16,17)11-4-5-12(13-3)14-6-11/h4-6,9-10H,7-8H2,1-3H3,(H,13,14). The SMILES string of the molecule is CNc1ccc(S(=O)(=O)N2CC(C)C(C)C2)cn1. The summed E-state index contributed by atoms with van der Waals surface area (Å²) in [5, 5.41) is 2.87. The molecule has 0 bridgehead atoms. The van der Waals surface area contributed by atoms with Crippen molar-refractivity contribution in [2.24, 2.45) is 11.8 Å². The van der Waals surface area contributed by atoms with Crippen molar-refractivity contribution in [3.05, 3.63) is 18.3 Å². The van der Waals surface area contributed by atoms with E-state index < -0.39 is 10.0 Å². The van der Waals surface area contributed by atoms with E-state index in [4.69, 9.17) is 0 Å². The number of sulfonamides is 1. The van der Waals surface area contributed by atoms with Crippen LogP contribution in [0.2, 0.25) is 0 Å². The topological polar surface area (TPSA) is 62.3 Å². The number of hydrogen-bond acceptors (Lipinski definition) is 4. The summed E-state index contributed by atoms with van der Waals surface area (Å²) in [6.45, 7) is 5.36. The second kappa shape index (κ2) is 4.85. The number of pyridine rings is 1. The lowest BCUT2D eigenvalue weighted by atomic mass is 10.0. The van der Waals surface area contributed by atoms with Crippen LogP contribution in [0.3, 0.4) is 0 Å². The number of hydrogen-bond donors (Lipinski definition) is 1. The largest absolute Gasteiger partial charge is 0.373 e. The van der Waals surface area contributed by atoms with Gasteiger partial charge in [-0.2, -0.15) is 4.31 Å². The quantitative estimate of drug-likeness (QED) is 0.901. The van der Waals surface area contributed by atoms with Crippen molar-refractivity contribution in [3.63, 3.8) is 0 Å². The van der Waals surface area contributed by atoms with Crippen molar-refractivity contribution in [3.8, 4) is 0 Å². The second-order valence-electron chi connectivity index (χ2n) is 4.91. The summed E-state index contributed by atoms with van der Waals surface area (Å²) in [6, 6.07) is 3.28. The Labute approximate surface area is 108 Å². The highest BCUT2D eigenvalue weighted by Gasteiger charge is 2.34. The molecule has 1 aliphatic rings. The average molecular weight is 269 g/mol. The van der Waals surface area contributed by atoms with Crippen molar-refractivity contribution in [2.45, 2.75) is 18.7 Å². The van der Waals surface area contributed by atoms with Crippen LogP contribution in [0.1, 0.15) is 13.8 Å². The Morgan fingerprint density at radius 2 is 1.89 bits per heavy atom. The zero-order valence-electron chi connectivity index (χ0n) is 10.9. The Balaban J connectivity index is 2.25. The summed E-state index contributed by atoms with van der Waals surface area (Å²) in [5.74, 6) is 1.48. The second-order valence-corrected chi connectivity index (χ2v) is 6.84. The smallest absolute Gasteiger partial charge is 0.244 e. The highest BCUT2D eigenvalue weighted by molar-refractivity contribution is 7.89. The molecule has 1 aliphatic heterocycles. The number of nitrogens with zero attached hydrogens (tertiary/aromatic N) is 2. The molecular weight excluding hydrogens is 250 g/mol. The molecule has 6 heteroatoms. The first-order chi connectivity index (χ1) is 8.45. The van der Waals surface area contributed by atoms with Gasteiger partial charge in [0, 0.05) is 26.3 Å². The molecule has 1 fully saturated rings. The predicted octanol–water partition coefficient (Wildman–Crippen LogP) is 1.40. The summed E-state index contributed by atoms with van der Waals surface area (Å²) in [6.07, 6.45) is 1.41. The number of aromatic nitrogens is 1. The normalized spacial score (nSPS) is 25.3. The van der Waals surface area contributed by atoms with Crippen LogP contribution in [0.4, 0.5) is 5.82 Å². The number of anilines is 1. The van der Waals surface area contributed by atoms with Crippen LogP contribution in [-0.2, 0) is 10.0 Å². The van der Waals surface area contributed by atoms with Gasteiger partial charge in [0.05, 0.1) is 0 Å². The van der Waals surface area contributed by atoms with Gasteiger partial charge in [-0.15, -0.1) is 0 Å². The van der Waals surface area contributed by atoms with Crippen LogP contribution in [-0.4, -0.2) is 37.8 Å². The van der Waals surface area contributed by atoms with Crippen molar-refractivity contribution >= 4 is 15.8 Å². The predicted molar refractivity (Wildman–Crippen MR) is 70.9 cm³/mol. The van der Waals surface area contributed by atoms with E-state index in [0.29, 0.717) is 30.7 Å². The van der Waals surface area contributed by atoms with Gasteiger partial charge in [-0.3, -0.25) is 0 Å². The van der Waals surface area contributed by atoms with Crippen LogP contribution in [0, 0.1) is 11.8 Å². The molecule has 5 nitrogen and oxygen atoms in total. The lowest BCUT2D eigenvalue weighted by Gasteiger charge is -2.16. The van der Waals surface area contributed by atoms with E-state index in [1.165, 1.54) is 6.20 Å². The molecule has 0 saturated carbocycles. The first-order valence-corrected chi connectivity index (χ1v) is 7.53. The fourth-order valence-electron chi connectivity index (χ4n) is 2.10. The van der Waals surface area contributed by atoms with Gasteiger partial charge in [-0.05, 0) is 24.0 Å². The minimum atomic E-state index is -3.39. The molecule has 1 aromatic heterocycles. The monoisotopic (exact) mass is 269 g/mol. The van der Waals surface area contributed by atoms with Crippen molar-refractivity contribution in [1.29, 1.82) is 0 Å². The summed E-state index contributed by atoms with van der Waals surface area (Å²) < 4.78 is 26.3. The summed E-state index contributed by atoms with van der Waals surface area (Å²) in [5.41, 5.74) is 0. The highest BCUT2D eigenvalue weighted by Crippen LogP contribution is 2.27. The molecule has 2 unspecified atom stereocenters. The Hall–Kier alpha value is -1.14. The third kappa shape index (κ3) is 2.35. The summed E-state index contributed by atoms with van der Waals surface area (Å²) in [7, 11) is -1.64. The number of nitrogens with one attached hydrogen (secondary N) is 1.